The van der Waals surface area contributed by atoms with Crippen LogP contribution in [0, 0.1) is 0 Å². The third-order valence-electron chi connectivity index (χ3n) is 2.74. The first kappa shape index (κ1) is 12.7. The smallest absolute Gasteiger partial charge is 0.324 e. The average molecular weight is 252 g/mol. The van der Waals surface area contributed by atoms with Crippen molar-refractivity contribution in [2.45, 2.75) is 5.79 Å². The molecule has 1 aliphatic rings. The van der Waals surface area contributed by atoms with Gasteiger partial charge in [-0.05, 0) is 0 Å². The van der Waals surface area contributed by atoms with Crippen LogP contribution in [0.15, 0.2) is 42.0 Å². The lowest BCUT2D eigenvalue weighted by Crippen LogP contribution is -2.47. The molecule has 1 aliphatic heterocycles. The summed E-state index contributed by atoms with van der Waals surface area (Å²) in [6, 6.07) is 9.49. The van der Waals surface area contributed by atoms with Gasteiger partial charge in [-0.15, -0.1) is 0 Å². The normalized spacial score (nSPS) is 16.4. The van der Waals surface area contributed by atoms with Gasteiger partial charge in [0.05, 0.1) is 21.3 Å². The number of hydrogen-bond donors (Lipinski definition) is 0. The van der Waals surface area contributed by atoms with Crippen molar-refractivity contribution in [3.05, 3.63) is 47.6 Å². The maximum Gasteiger partial charge on any atom is 0.324 e. The van der Waals surface area contributed by atoms with Crippen LogP contribution in [0.1, 0.15) is 5.56 Å². The minimum absolute atomic E-state index is 0.197. The Morgan fingerprint density at radius 3 is 2.00 bits per heavy atom. The third kappa shape index (κ3) is 1.91. The van der Waals surface area contributed by atoms with E-state index in [1.165, 1.54) is 21.3 Å². The summed E-state index contributed by atoms with van der Waals surface area (Å²) in [7, 11) is 4.51. The highest BCUT2D eigenvalue weighted by molar-refractivity contribution is 5.29. The van der Waals surface area contributed by atoms with Gasteiger partial charge in [-0.1, -0.05) is 30.3 Å². The molecule has 1 saturated heterocycles. The van der Waals surface area contributed by atoms with E-state index in [0.717, 1.165) is 5.56 Å². The lowest BCUT2D eigenvalue weighted by atomic mass is 10.0. The zero-order valence-electron chi connectivity index (χ0n) is 10.6. The SMILES string of the molecule is COC(OC)=C(OC)C1(c2ccccc2)OCO1. The Bertz CT molecular complexity index is 416. The number of rotatable bonds is 5. The van der Waals surface area contributed by atoms with E-state index in [4.69, 9.17) is 23.7 Å². The van der Waals surface area contributed by atoms with Crippen molar-refractivity contribution in [3.8, 4) is 0 Å². The van der Waals surface area contributed by atoms with Crippen LogP contribution in [0.4, 0.5) is 0 Å². The molecule has 0 unspecified atom stereocenters. The van der Waals surface area contributed by atoms with Crippen molar-refractivity contribution in [1.82, 2.24) is 0 Å². The predicted octanol–water partition coefficient (Wildman–Crippen LogP) is 1.95. The number of hydrogen-bond acceptors (Lipinski definition) is 5. The second-order valence-corrected chi connectivity index (χ2v) is 3.62. The molecule has 5 nitrogen and oxygen atoms in total. The lowest BCUT2D eigenvalue weighted by Gasteiger charge is -2.41. The molecule has 0 radical (unpaired) electrons. The van der Waals surface area contributed by atoms with Gasteiger partial charge in [0.25, 0.3) is 5.79 Å². The van der Waals surface area contributed by atoms with Crippen molar-refractivity contribution in [2.24, 2.45) is 0 Å². The van der Waals surface area contributed by atoms with Crippen LogP contribution in [0.5, 0.6) is 0 Å². The van der Waals surface area contributed by atoms with Crippen LogP contribution in [0.2, 0.25) is 0 Å². The predicted molar refractivity (Wildman–Crippen MR) is 63.2 cm³/mol. The molecule has 1 fully saturated rings. The van der Waals surface area contributed by atoms with E-state index in [-0.39, 0.29) is 12.7 Å². The second kappa shape index (κ2) is 5.29. The summed E-state index contributed by atoms with van der Waals surface area (Å²) in [6.07, 6.45) is 0. The Morgan fingerprint density at radius 1 is 1.00 bits per heavy atom. The van der Waals surface area contributed by atoms with Crippen LogP contribution in [0.25, 0.3) is 0 Å². The molecule has 0 amide bonds. The van der Waals surface area contributed by atoms with E-state index in [2.05, 4.69) is 0 Å². The molecule has 0 N–H and O–H groups in total. The monoisotopic (exact) mass is 252 g/mol. The molecule has 2 rings (SSSR count). The van der Waals surface area contributed by atoms with E-state index >= 15 is 0 Å². The zero-order valence-corrected chi connectivity index (χ0v) is 10.6. The molecule has 1 aromatic carbocycles. The Morgan fingerprint density at radius 2 is 1.61 bits per heavy atom. The molecule has 0 spiro atoms. The van der Waals surface area contributed by atoms with E-state index in [0.29, 0.717) is 5.76 Å². The summed E-state index contributed by atoms with van der Waals surface area (Å²) < 4.78 is 26.7. The Hall–Kier alpha value is -1.72. The molecule has 98 valence electrons. The average Bonchev–Trinajstić information content (AvgIpc) is 2.38. The van der Waals surface area contributed by atoms with Crippen LogP contribution >= 0.6 is 0 Å². The molecule has 1 heterocycles. The van der Waals surface area contributed by atoms with Gasteiger partial charge >= 0.3 is 5.95 Å². The van der Waals surface area contributed by atoms with E-state index in [9.17, 15) is 0 Å². The van der Waals surface area contributed by atoms with Crippen LogP contribution in [-0.4, -0.2) is 28.1 Å². The van der Waals surface area contributed by atoms with Gasteiger partial charge in [0.15, 0.2) is 6.79 Å². The molecule has 0 aromatic heterocycles. The summed E-state index contributed by atoms with van der Waals surface area (Å²) in [5.74, 6) is -0.511. The second-order valence-electron chi connectivity index (χ2n) is 3.62. The highest BCUT2D eigenvalue weighted by Gasteiger charge is 2.50. The summed E-state index contributed by atoms with van der Waals surface area (Å²) in [5.41, 5.74) is 0.819. The quantitative estimate of drug-likeness (QED) is 0.749. The first-order chi connectivity index (χ1) is 8.78. The van der Waals surface area contributed by atoms with Crippen molar-refractivity contribution in [1.29, 1.82) is 0 Å². The van der Waals surface area contributed by atoms with Crippen LogP contribution in [0.3, 0.4) is 0 Å². The van der Waals surface area contributed by atoms with E-state index in [1.807, 2.05) is 30.3 Å². The van der Waals surface area contributed by atoms with E-state index in [1.54, 1.807) is 0 Å². The van der Waals surface area contributed by atoms with Gasteiger partial charge in [-0.3, -0.25) is 0 Å². The summed E-state index contributed by atoms with van der Waals surface area (Å²) >= 11 is 0. The fraction of sp³-hybridized carbons (Fsp3) is 0.385. The Labute approximate surface area is 106 Å². The van der Waals surface area contributed by atoms with Gasteiger partial charge in [0.2, 0.25) is 5.76 Å². The topological polar surface area (TPSA) is 46.2 Å². The number of benzene rings is 1. The Balaban J connectivity index is 2.47. The molecule has 0 bridgehead atoms. The minimum atomic E-state index is -1.09. The fourth-order valence-electron chi connectivity index (χ4n) is 1.88. The molecular weight excluding hydrogens is 236 g/mol. The molecule has 18 heavy (non-hydrogen) atoms. The maximum atomic E-state index is 5.58. The third-order valence-corrected chi connectivity index (χ3v) is 2.74. The van der Waals surface area contributed by atoms with Crippen LogP contribution < -0.4 is 0 Å². The zero-order chi connectivity index (χ0) is 13.0. The number of methoxy groups -OCH3 is 3. The van der Waals surface area contributed by atoms with Crippen molar-refractivity contribution in [2.75, 3.05) is 28.1 Å². The lowest BCUT2D eigenvalue weighted by molar-refractivity contribution is -0.401. The molecule has 0 saturated carbocycles. The molecular formula is C13H16O5. The Kier molecular flexibility index (Phi) is 3.74. The van der Waals surface area contributed by atoms with Crippen molar-refractivity contribution in [3.63, 3.8) is 0 Å². The summed E-state index contributed by atoms with van der Waals surface area (Å²) in [5, 5.41) is 0. The maximum absolute atomic E-state index is 5.58. The van der Waals surface area contributed by atoms with Crippen molar-refractivity contribution < 1.29 is 23.7 Å². The van der Waals surface area contributed by atoms with Crippen molar-refractivity contribution >= 4 is 0 Å². The van der Waals surface area contributed by atoms with Gasteiger partial charge < -0.3 is 23.7 Å². The minimum Gasteiger partial charge on any atom is -0.490 e. The number of ether oxygens (including phenoxy) is 5. The largest absolute Gasteiger partial charge is 0.490 e. The fourth-order valence-corrected chi connectivity index (χ4v) is 1.88. The molecule has 5 heteroatoms. The van der Waals surface area contributed by atoms with Gasteiger partial charge in [-0.2, -0.15) is 0 Å². The first-order valence-electron chi connectivity index (χ1n) is 5.48. The van der Waals surface area contributed by atoms with E-state index < -0.39 is 5.79 Å². The van der Waals surface area contributed by atoms with Gasteiger partial charge in [-0.25, -0.2) is 0 Å². The summed E-state index contributed by atoms with van der Waals surface area (Å²) in [6.45, 7) is 0.197. The first-order valence-corrected chi connectivity index (χ1v) is 5.48. The standard InChI is InChI=1S/C13H16O5/c1-14-11(12(15-2)16-3)13(17-9-18-13)10-7-5-4-6-8-10/h4-8H,9H2,1-3H3. The summed E-state index contributed by atoms with van der Waals surface area (Å²) in [4.78, 5) is 0. The van der Waals surface area contributed by atoms with Gasteiger partial charge in [0, 0.05) is 5.56 Å². The van der Waals surface area contributed by atoms with Crippen LogP contribution in [-0.2, 0) is 29.5 Å². The molecule has 1 aromatic rings. The highest BCUT2D eigenvalue weighted by Crippen LogP contribution is 2.42. The van der Waals surface area contributed by atoms with Gasteiger partial charge in [0.1, 0.15) is 0 Å². The highest BCUT2D eigenvalue weighted by atomic mass is 16.9. The molecule has 0 aliphatic carbocycles. The molecule has 0 atom stereocenters.